The highest BCUT2D eigenvalue weighted by Crippen LogP contribution is 2.14. The summed E-state index contributed by atoms with van der Waals surface area (Å²) in [5, 5.41) is 9.58. The maximum atomic E-state index is 12.2. The van der Waals surface area contributed by atoms with E-state index >= 15 is 0 Å². The van der Waals surface area contributed by atoms with Crippen molar-refractivity contribution in [2.45, 2.75) is 219 Å². The van der Waals surface area contributed by atoms with Crippen LogP contribution in [0.15, 0.2) is 24.3 Å². The van der Waals surface area contributed by atoms with E-state index in [2.05, 4.69) is 38.2 Å². The molecule has 0 aromatic heterocycles. The Morgan fingerprint density at radius 2 is 0.913 bits per heavy atom. The van der Waals surface area contributed by atoms with Gasteiger partial charge >= 0.3 is 5.97 Å². The number of ether oxygens (including phenoxy) is 2. The number of carbonyl (C=O) groups is 1. The molecule has 272 valence electrons. The molecule has 0 saturated carbocycles. The summed E-state index contributed by atoms with van der Waals surface area (Å²) in [6.45, 7) is 5.34. The Morgan fingerprint density at radius 3 is 1.37 bits per heavy atom. The first-order chi connectivity index (χ1) is 22.7. The van der Waals surface area contributed by atoms with Crippen LogP contribution < -0.4 is 0 Å². The van der Waals surface area contributed by atoms with Crippen LogP contribution in [0.4, 0.5) is 0 Å². The Kier molecular flexibility index (Phi) is 39.1. The van der Waals surface area contributed by atoms with Gasteiger partial charge in [0.2, 0.25) is 0 Å². The molecule has 0 heterocycles. The third-order valence-corrected chi connectivity index (χ3v) is 9.03. The smallest absolute Gasteiger partial charge is 0.306 e. The topological polar surface area (TPSA) is 55.8 Å². The molecule has 0 bridgehead atoms. The van der Waals surface area contributed by atoms with Gasteiger partial charge in [-0.05, 0) is 44.9 Å². The summed E-state index contributed by atoms with van der Waals surface area (Å²) in [5.41, 5.74) is 0. The molecule has 0 aromatic carbocycles. The van der Waals surface area contributed by atoms with E-state index in [9.17, 15) is 9.90 Å². The second-order valence-electron chi connectivity index (χ2n) is 13.7. The molecule has 0 radical (unpaired) electrons. The van der Waals surface area contributed by atoms with Crippen molar-refractivity contribution in [2.75, 3.05) is 19.8 Å². The zero-order valence-electron chi connectivity index (χ0n) is 31.1. The van der Waals surface area contributed by atoms with Crippen molar-refractivity contribution in [1.29, 1.82) is 0 Å². The van der Waals surface area contributed by atoms with E-state index in [1.54, 1.807) is 0 Å². The maximum Gasteiger partial charge on any atom is 0.306 e. The monoisotopic (exact) mass is 649 g/mol. The van der Waals surface area contributed by atoms with Crippen LogP contribution in [0.1, 0.15) is 213 Å². The minimum Gasteiger partial charge on any atom is -0.457 e. The number of aliphatic hydroxyl groups is 1. The molecule has 4 nitrogen and oxygen atoms in total. The number of hydrogen-bond acceptors (Lipinski definition) is 4. The fourth-order valence-corrected chi connectivity index (χ4v) is 5.95. The SMILES string of the molecule is CCCCCC/C=C\C/C=C\CCCCCCCCCCOCC(CO)OC(=O)CCCCCCCCCCCCCCCCC. The number of rotatable bonds is 38. The highest BCUT2D eigenvalue weighted by molar-refractivity contribution is 5.69. The summed E-state index contributed by atoms with van der Waals surface area (Å²) in [6, 6.07) is 0. The molecule has 0 rings (SSSR count). The number of allylic oxidation sites excluding steroid dienone is 4. The number of aliphatic hydroxyl groups excluding tert-OH is 1. The van der Waals surface area contributed by atoms with Crippen LogP contribution in [0.25, 0.3) is 0 Å². The zero-order chi connectivity index (χ0) is 33.4. The van der Waals surface area contributed by atoms with Crippen LogP contribution >= 0.6 is 0 Å². The first kappa shape index (κ1) is 44.9. The van der Waals surface area contributed by atoms with Gasteiger partial charge in [-0.25, -0.2) is 0 Å². The first-order valence-electron chi connectivity index (χ1n) is 20.4. The van der Waals surface area contributed by atoms with Crippen LogP contribution in [-0.4, -0.2) is 37.0 Å². The molecule has 0 saturated heterocycles. The van der Waals surface area contributed by atoms with Gasteiger partial charge in [-0.15, -0.1) is 0 Å². The number of hydrogen-bond donors (Lipinski definition) is 1. The largest absolute Gasteiger partial charge is 0.457 e. The third-order valence-electron chi connectivity index (χ3n) is 9.03. The van der Waals surface area contributed by atoms with Gasteiger partial charge < -0.3 is 14.6 Å². The molecule has 0 amide bonds. The second kappa shape index (κ2) is 40.0. The van der Waals surface area contributed by atoms with E-state index in [0.717, 1.165) is 25.7 Å². The van der Waals surface area contributed by atoms with Crippen LogP contribution in [0, 0.1) is 0 Å². The lowest BCUT2D eigenvalue weighted by atomic mass is 10.0. The Balaban J connectivity index is 3.41. The van der Waals surface area contributed by atoms with Gasteiger partial charge in [-0.2, -0.15) is 0 Å². The maximum absolute atomic E-state index is 12.2. The van der Waals surface area contributed by atoms with E-state index in [1.807, 2.05) is 0 Å². The summed E-state index contributed by atoms with van der Waals surface area (Å²) in [4.78, 5) is 12.2. The standard InChI is InChI=1S/C42H80O4/c1-3-5-7-9-11-13-15-17-19-20-21-22-24-26-28-30-32-34-36-38-45-40-41(39-43)46-42(44)37-35-33-31-29-27-25-23-18-16-14-12-10-8-6-4-2/h13,15,19-20,41,43H,3-12,14,16-18,21-40H2,1-2H3/b15-13-,20-19-. The van der Waals surface area contributed by atoms with Gasteiger partial charge in [-0.3, -0.25) is 4.79 Å². The van der Waals surface area contributed by atoms with Crippen molar-refractivity contribution in [3.63, 3.8) is 0 Å². The summed E-state index contributed by atoms with van der Waals surface area (Å²) in [5.74, 6) is -0.200. The normalized spacial score (nSPS) is 12.5. The highest BCUT2D eigenvalue weighted by atomic mass is 16.6. The van der Waals surface area contributed by atoms with Gasteiger partial charge in [0.15, 0.2) is 0 Å². The highest BCUT2D eigenvalue weighted by Gasteiger charge is 2.13. The Morgan fingerprint density at radius 1 is 0.522 bits per heavy atom. The molecule has 0 aliphatic heterocycles. The van der Waals surface area contributed by atoms with Gasteiger partial charge in [0.25, 0.3) is 0 Å². The average molecular weight is 649 g/mol. The number of esters is 1. The van der Waals surface area contributed by atoms with Gasteiger partial charge in [0, 0.05) is 13.0 Å². The molecular weight excluding hydrogens is 568 g/mol. The Labute approximate surface area is 288 Å². The van der Waals surface area contributed by atoms with Crippen LogP contribution in [0.2, 0.25) is 0 Å². The quantitative estimate of drug-likeness (QED) is 0.0411. The summed E-state index contributed by atoms with van der Waals surface area (Å²) in [7, 11) is 0. The van der Waals surface area contributed by atoms with Crippen molar-refractivity contribution >= 4 is 5.97 Å². The average Bonchev–Trinajstić information content (AvgIpc) is 3.06. The van der Waals surface area contributed by atoms with Crippen molar-refractivity contribution in [1.82, 2.24) is 0 Å². The molecular formula is C42H80O4. The van der Waals surface area contributed by atoms with Gasteiger partial charge in [-0.1, -0.05) is 186 Å². The van der Waals surface area contributed by atoms with Crippen molar-refractivity contribution < 1.29 is 19.4 Å². The van der Waals surface area contributed by atoms with Crippen LogP contribution in [0.3, 0.4) is 0 Å². The first-order valence-corrected chi connectivity index (χ1v) is 20.4. The van der Waals surface area contributed by atoms with Crippen molar-refractivity contribution in [3.8, 4) is 0 Å². The number of unbranched alkanes of at least 4 members (excludes halogenated alkanes) is 26. The Bertz CT molecular complexity index is 644. The molecule has 0 aromatic rings. The third kappa shape index (κ3) is 37.3. The van der Waals surface area contributed by atoms with E-state index in [0.29, 0.717) is 19.6 Å². The molecule has 1 N–H and O–H groups in total. The lowest BCUT2D eigenvalue weighted by Gasteiger charge is -2.16. The predicted molar refractivity (Wildman–Crippen MR) is 201 cm³/mol. The van der Waals surface area contributed by atoms with E-state index in [-0.39, 0.29) is 12.6 Å². The zero-order valence-corrected chi connectivity index (χ0v) is 31.1. The second-order valence-corrected chi connectivity index (χ2v) is 13.7. The molecule has 4 heteroatoms. The van der Waals surface area contributed by atoms with Crippen molar-refractivity contribution in [2.24, 2.45) is 0 Å². The molecule has 0 aliphatic rings. The summed E-state index contributed by atoms with van der Waals surface area (Å²) < 4.78 is 11.1. The summed E-state index contributed by atoms with van der Waals surface area (Å²) >= 11 is 0. The van der Waals surface area contributed by atoms with E-state index in [4.69, 9.17) is 9.47 Å². The Hall–Kier alpha value is -1.13. The molecule has 0 fully saturated rings. The van der Waals surface area contributed by atoms with Crippen LogP contribution in [-0.2, 0) is 14.3 Å². The molecule has 46 heavy (non-hydrogen) atoms. The molecule has 1 unspecified atom stereocenters. The minimum atomic E-state index is -0.532. The fourth-order valence-electron chi connectivity index (χ4n) is 5.95. The fraction of sp³-hybridized carbons (Fsp3) is 0.881. The van der Waals surface area contributed by atoms with Gasteiger partial charge in [0.1, 0.15) is 6.10 Å². The lowest BCUT2D eigenvalue weighted by molar-refractivity contribution is -0.154. The molecule has 1 atom stereocenters. The summed E-state index contributed by atoms with van der Waals surface area (Å²) in [6.07, 6.45) is 48.0. The van der Waals surface area contributed by atoms with Gasteiger partial charge in [0.05, 0.1) is 13.2 Å². The molecule has 0 aliphatic carbocycles. The van der Waals surface area contributed by atoms with Crippen LogP contribution in [0.5, 0.6) is 0 Å². The predicted octanol–water partition coefficient (Wildman–Crippen LogP) is 13.2. The minimum absolute atomic E-state index is 0.170. The van der Waals surface area contributed by atoms with E-state index < -0.39 is 6.10 Å². The lowest BCUT2D eigenvalue weighted by Crippen LogP contribution is -2.27. The number of carbonyl (C=O) groups excluding carboxylic acids is 1. The van der Waals surface area contributed by atoms with Crippen molar-refractivity contribution in [3.05, 3.63) is 24.3 Å². The molecule has 0 spiro atoms. The van der Waals surface area contributed by atoms with E-state index in [1.165, 1.54) is 167 Å².